The van der Waals surface area contributed by atoms with E-state index >= 15 is 0 Å². The van der Waals surface area contributed by atoms with Crippen LogP contribution in [0.15, 0.2) is 53.4 Å². The summed E-state index contributed by atoms with van der Waals surface area (Å²) in [6.07, 6.45) is 1.88. The van der Waals surface area contributed by atoms with Crippen LogP contribution in [0.5, 0.6) is 0 Å². The molecule has 7 heteroatoms. The summed E-state index contributed by atoms with van der Waals surface area (Å²) in [4.78, 5) is 12.1. The van der Waals surface area contributed by atoms with Gasteiger partial charge in [-0.15, -0.1) is 0 Å². The third-order valence-electron chi connectivity index (χ3n) is 3.32. The van der Waals surface area contributed by atoms with Gasteiger partial charge in [0.05, 0.1) is 4.90 Å². The lowest BCUT2D eigenvalue weighted by molar-refractivity contribution is 0.0953. The van der Waals surface area contributed by atoms with Gasteiger partial charge in [0.15, 0.2) is 0 Å². The van der Waals surface area contributed by atoms with E-state index in [9.17, 15) is 13.2 Å². The third kappa shape index (κ3) is 4.97. The first-order chi connectivity index (χ1) is 11.4. The first-order valence-corrected chi connectivity index (χ1v) is 9.45. The summed E-state index contributed by atoms with van der Waals surface area (Å²) in [7, 11) is -3.73. The van der Waals surface area contributed by atoms with Gasteiger partial charge in [0, 0.05) is 22.8 Å². The maximum atomic E-state index is 12.4. The summed E-state index contributed by atoms with van der Waals surface area (Å²) >= 11 is 5.77. The van der Waals surface area contributed by atoms with Crippen LogP contribution in [0, 0.1) is 0 Å². The first kappa shape index (κ1) is 18.3. The largest absolute Gasteiger partial charge is 0.352 e. The van der Waals surface area contributed by atoms with Gasteiger partial charge in [0.1, 0.15) is 0 Å². The van der Waals surface area contributed by atoms with Gasteiger partial charge in [-0.3, -0.25) is 9.52 Å². The van der Waals surface area contributed by atoms with Gasteiger partial charge >= 0.3 is 0 Å². The number of benzene rings is 2. The van der Waals surface area contributed by atoms with Crippen LogP contribution < -0.4 is 10.0 Å². The third-order valence-corrected chi connectivity index (χ3v) is 4.97. The van der Waals surface area contributed by atoms with E-state index in [4.69, 9.17) is 11.6 Å². The minimum atomic E-state index is -3.73. The molecule has 0 aliphatic rings. The zero-order chi connectivity index (χ0) is 17.6. The second-order valence-electron chi connectivity index (χ2n) is 5.25. The van der Waals surface area contributed by atoms with Crippen LogP contribution in [0.4, 0.5) is 5.69 Å². The summed E-state index contributed by atoms with van der Waals surface area (Å²) in [5.74, 6) is -0.226. The van der Waals surface area contributed by atoms with Crippen molar-refractivity contribution in [3.05, 3.63) is 59.1 Å². The van der Waals surface area contributed by atoms with Crippen LogP contribution in [0.3, 0.4) is 0 Å². The minimum absolute atomic E-state index is 0.102. The number of sulfonamides is 1. The molecule has 24 heavy (non-hydrogen) atoms. The second-order valence-corrected chi connectivity index (χ2v) is 7.37. The predicted octanol–water partition coefficient (Wildman–Crippen LogP) is 3.67. The van der Waals surface area contributed by atoms with Crippen LogP contribution in [-0.2, 0) is 10.0 Å². The number of amides is 1. The normalized spacial score (nSPS) is 11.1. The topological polar surface area (TPSA) is 75.3 Å². The van der Waals surface area contributed by atoms with Crippen molar-refractivity contribution < 1.29 is 13.2 Å². The lowest BCUT2D eigenvalue weighted by Crippen LogP contribution is -2.24. The Balaban J connectivity index is 2.14. The quantitative estimate of drug-likeness (QED) is 0.734. The molecule has 5 nitrogen and oxygen atoms in total. The molecular formula is C17H19ClN2O3S. The molecule has 2 aromatic rings. The van der Waals surface area contributed by atoms with Crippen LogP contribution in [0.1, 0.15) is 30.1 Å². The fourth-order valence-electron chi connectivity index (χ4n) is 2.03. The summed E-state index contributed by atoms with van der Waals surface area (Å²) in [5.41, 5.74) is 0.732. The molecule has 2 aromatic carbocycles. The molecule has 0 aliphatic heterocycles. The second kappa shape index (κ2) is 8.17. The van der Waals surface area contributed by atoms with Gasteiger partial charge in [0.25, 0.3) is 15.9 Å². The summed E-state index contributed by atoms with van der Waals surface area (Å²) in [6.45, 7) is 2.63. The number of carbonyl (C=O) groups is 1. The lowest BCUT2D eigenvalue weighted by Gasteiger charge is -2.10. The van der Waals surface area contributed by atoms with E-state index in [-0.39, 0.29) is 10.8 Å². The lowest BCUT2D eigenvalue weighted by atomic mass is 10.2. The molecule has 0 saturated heterocycles. The number of halogens is 1. The van der Waals surface area contributed by atoms with E-state index in [0.29, 0.717) is 22.8 Å². The molecule has 0 atom stereocenters. The van der Waals surface area contributed by atoms with Gasteiger partial charge in [-0.05, 0) is 48.9 Å². The van der Waals surface area contributed by atoms with Crippen molar-refractivity contribution in [2.75, 3.05) is 11.3 Å². The van der Waals surface area contributed by atoms with Crippen molar-refractivity contribution in [2.45, 2.75) is 24.7 Å². The number of rotatable bonds is 7. The Morgan fingerprint density at radius 3 is 2.50 bits per heavy atom. The standard InChI is InChI=1S/C17H19ClN2O3S/c1-2-3-11-19-17(21)13-5-4-6-15(12-13)20-24(22,23)16-9-7-14(18)8-10-16/h4-10,12,20H,2-3,11H2,1H3,(H,19,21). The molecule has 0 radical (unpaired) electrons. The minimum Gasteiger partial charge on any atom is -0.352 e. The molecule has 0 saturated carbocycles. The number of carbonyl (C=O) groups excluding carboxylic acids is 1. The van der Waals surface area contributed by atoms with Crippen LogP contribution in [0.25, 0.3) is 0 Å². The average Bonchev–Trinajstić information content (AvgIpc) is 2.55. The molecule has 2 N–H and O–H groups in total. The molecule has 2 rings (SSSR count). The number of unbranched alkanes of at least 4 members (excludes halogenated alkanes) is 1. The Labute approximate surface area is 147 Å². The van der Waals surface area contributed by atoms with Crippen molar-refractivity contribution >= 4 is 33.2 Å². The summed E-state index contributed by atoms with van der Waals surface area (Å²) < 4.78 is 27.2. The van der Waals surface area contributed by atoms with Crippen LogP contribution >= 0.6 is 11.6 Å². The van der Waals surface area contributed by atoms with Crippen LogP contribution in [-0.4, -0.2) is 20.9 Å². The predicted molar refractivity (Wildman–Crippen MR) is 95.9 cm³/mol. The van der Waals surface area contributed by atoms with Crippen molar-refractivity contribution in [2.24, 2.45) is 0 Å². The van der Waals surface area contributed by atoms with E-state index in [1.165, 1.54) is 30.3 Å². The van der Waals surface area contributed by atoms with Crippen LogP contribution in [0.2, 0.25) is 5.02 Å². The highest BCUT2D eigenvalue weighted by Gasteiger charge is 2.15. The van der Waals surface area contributed by atoms with Gasteiger partial charge in [0.2, 0.25) is 0 Å². The number of nitrogens with one attached hydrogen (secondary N) is 2. The van der Waals surface area contributed by atoms with Gasteiger partial charge < -0.3 is 5.32 Å². The van der Waals surface area contributed by atoms with Gasteiger partial charge in [-0.1, -0.05) is 31.0 Å². The highest BCUT2D eigenvalue weighted by atomic mass is 35.5. The van der Waals surface area contributed by atoms with Crippen molar-refractivity contribution in [1.29, 1.82) is 0 Å². The molecule has 0 fully saturated rings. The Bertz CT molecular complexity index is 805. The Morgan fingerprint density at radius 2 is 1.83 bits per heavy atom. The van der Waals surface area contributed by atoms with E-state index in [1.807, 2.05) is 6.92 Å². The molecule has 0 unspecified atom stereocenters. The van der Waals surface area contributed by atoms with E-state index in [0.717, 1.165) is 12.8 Å². The zero-order valence-corrected chi connectivity index (χ0v) is 14.8. The molecule has 0 spiro atoms. The summed E-state index contributed by atoms with van der Waals surface area (Å²) in [6, 6.07) is 12.2. The summed E-state index contributed by atoms with van der Waals surface area (Å²) in [5, 5.41) is 3.26. The fourth-order valence-corrected chi connectivity index (χ4v) is 3.21. The molecule has 0 aromatic heterocycles. The first-order valence-electron chi connectivity index (χ1n) is 7.59. The van der Waals surface area contributed by atoms with Gasteiger partial charge in [-0.2, -0.15) is 0 Å². The zero-order valence-electron chi connectivity index (χ0n) is 13.3. The molecule has 0 aliphatic carbocycles. The smallest absolute Gasteiger partial charge is 0.261 e. The molecule has 128 valence electrons. The molecule has 1 amide bonds. The van der Waals surface area contributed by atoms with Crippen molar-refractivity contribution in [3.8, 4) is 0 Å². The molecular weight excluding hydrogens is 348 g/mol. The van der Waals surface area contributed by atoms with E-state index in [1.54, 1.807) is 18.2 Å². The van der Waals surface area contributed by atoms with Gasteiger partial charge in [-0.25, -0.2) is 8.42 Å². The number of hydrogen-bond donors (Lipinski definition) is 2. The highest BCUT2D eigenvalue weighted by Crippen LogP contribution is 2.19. The SMILES string of the molecule is CCCCNC(=O)c1cccc(NS(=O)(=O)c2ccc(Cl)cc2)c1. The monoisotopic (exact) mass is 366 g/mol. The van der Waals surface area contributed by atoms with Crippen molar-refractivity contribution in [3.63, 3.8) is 0 Å². The maximum Gasteiger partial charge on any atom is 0.261 e. The molecule has 0 heterocycles. The van der Waals surface area contributed by atoms with E-state index in [2.05, 4.69) is 10.0 Å². The van der Waals surface area contributed by atoms with Crippen molar-refractivity contribution in [1.82, 2.24) is 5.32 Å². The number of hydrogen-bond acceptors (Lipinski definition) is 3. The number of anilines is 1. The highest BCUT2D eigenvalue weighted by molar-refractivity contribution is 7.92. The van der Waals surface area contributed by atoms with E-state index < -0.39 is 10.0 Å². The Morgan fingerprint density at radius 1 is 1.12 bits per heavy atom. The molecule has 0 bridgehead atoms. The Hall–Kier alpha value is -2.05. The Kier molecular flexibility index (Phi) is 6.23. The maximum absolute atomic E-state index is 12.4. The average molecular weight is 367 g/mol. The fraction of sp³-hybridized carbons (Fsp3) is 0.235.